The maximum Gasteiger partial charge on any atom is 0.262 e. The van der Waals surface area contributed by atoms with Crippen LogP contribution in [0.4, 0.5) is 0 Å². The number of carbonyl (C=O) groups excluding carboxylic acids is 4. The molecule has 0 spiro atoms. The van der Waals surface area contributed by atoms with Crippen molar-refractivity contribution in [3.8, 4) is 0 Å². The monoisotopic (exact) mass is 386 g/mol. The van der Waals surface area contributed by atoms with Crippen molar-refractivity contribution in [3.63, 3.8) is 0 Å². The van der Waals surface area contributed by atoms with Gasteiger partial charge in [0.15, 0.2) is 0 Å². The van der Waals surface area contributed by atoms with Crippen molar-refractivity contribution in [2.24, 2.45) is 0 Å². The van der Waals surface area contributed by atoms with Crippen LogP contribution in [-0.2, 0) is 16.1 Å². The van der Waals surface area contributed by atoms with Crippen molar-refractivity contribution in [1.82, 2.24) is 20.4 Å². The summed E-state index contributed by atoms with van der Waals surface area (Å²) in [6, 6.07) is 4.26. The summed E-state index contributed by atoms with van der Waals surface area (Å²) in [5.41, 5.74) is 1.25. The van der Waals surface area contributed by atoms with Crippen LogP contribution in [-0.4, -0.2) is 65.6 Å². The minimum absolute atomic E-state index is 0.109. The number of hydrogen-bond donors (Lipinski definition) is 2. The molecular weight excluding hydrogens is 360 g/mol. The molecule has 0 aromatic heterocycles. The minimum Gasteiger partial charge on any atom is -0.318 e. The van der Waals surface area contributed by atoms with Crippen LogP contribution in [0.25, 0.3) is 0 Å². The molecule has 1 atom stereocenters. The molecule has 0 saturated carbocycles. The third kappa shape index (κ3) is 3.45. The van der Waals surface area contributed by atoms with Crippen molar-refractivity contribution in [3.05, 3.63) is 34.9 Å². The average molecular weight is 386 g/mol. The van der Waals surface area contributed by atoms with Crippen molar-refractivity contribution < 1.29 is 19.2 Å². The number of fused-ring (bicyclic) bond motifs is 1. The van der Waals surface area contributed by atoms with Gasteiger partial charge in [0.2, 0.25) is 11.8 Å². The van der Waals surface area contributed by atoms with Crippen LogP contribution in [0.3, 0.4) is 0 Å². The van der Waals surface area contributed by atoms with E-state index in [1.807, 2.05) is 20.2 Å². The van der Waals surface area contributed by atoms with Crippen LogP contribution in [0.2, 0.25) is 0 Å². The molecule has 2 heterocycles. The Balaban J connectivity index is 1.90. The molecule has 1 aromatic rings. The Morgan fingerprint density at radius 1 is 1.21 bits per heavy atom. The molecule has 1 saturated heterocycles. The van der Waals surface area contributed by atoms with Crippen molar-refractivity contribution in [2.75, 3.05) is 20.6 Å². The largest absolute Gasteiger partial charge is 0.318 e. The summed E-state index contributed by atoms with van der Waals surface area (Å²) in [6.07, 6.45) is 0.262. The number of amides is 4. The Morgan fingerprint density at radius 2 is 1.93 bits per heavy atom. The predicted molar refractivity (Wildman–Crippen MR) is 103 cm³/mol. The Kier molecular flexibility index (Phi) is 5.36. The zero-order chi connectivity index (χ0) is 20.6. The Hall–Kier alpha value is -2.58. The van der Waals surface area contributed by atoms with Gasteiger partial charge in [-0.05, 0) is 46.0 Å². The SMILES string of the molecule is CNCC(C)(C)N(C)Cc1cccc2c1C(=O)N(C1CCC(=O)NC1=O)C2=O. The summed E-state index contributed by atoms with van der Waals surface area (Å²) in [7, 11) is 3.85. The second-order valence-electron chi connectivity index (χ2n) is 7.99. The van der Waals surface area contributed by atoms with E-state index in [2.05, 4.69) is 29.4 Å². The molecule has 2 aliphatic rings. The number of rotatable bonds is 6. The molecule has 0 aliphatic carbocycles. The van der Waals surface area contributed by atoms with Gasteiger partial charge >= 0.3 is 0 Å². The predicted octanol–water partition coefficient (Wildman–Crippen LogP) is 0.518. The van der Waals surface area contributed by atoms with Gasteiger partial charge in [-0.25, -0.2) is 0 Å². The van der Waals surface area contributed by atoms with Gasteiger partial charge in [0, 0.05) is 25.0 Å². The smallest absolute Gasteiger partial charge is 0.262 e. The van der Waals surface area contributed by atoms with Gasteiger partial charge in [-0.15, -0.1) is 0 Å². The van der Waals surface area contributed by atoms with E-state index in [-0.39, 0.29) is 24.3 Å². The van der Waals surface area contributed by atoms with E-state index in [0.717, 1.165) is 17.0 Å². The normalized spacial score (nSPS) is 20.0. The summed E-state index contributed by atoms with van der Waals surface area (Å²) < 4.78 is 0. The number of carbonyl (C=O) groups is 4. The summed E-state index contributed by atoms with van der Waals surface area (Å²) >= 11 is 0. The standard InChI is InChI=1S/C20H26N4O4/c1-20(2,11-21-3)23(4)10-12-6-5-7-13-16(12)19(28)24(18(13)27)14-8-9-15(25)22-17(14)26/h5-7,14,21H,8-11H2,1-4H3,(H,22,25,26). The molecule has 2 aliphatic heterocycles. The lowest BCUT2D eigenvalue weighted by Crippen LogP contribution is -2.54. The maximum absolute atomic E-state index is 13.1. The van der Waals surface area contributed by atoms with E-state index >= 15 is 0 Å². The molecule has 28 heavy (non-hydrogen) atoms. The van der Waals surface area contributed by atoms with Crippen LogP contribution in [0.5, 0.6) is 0 Å². The molecule has 4 amide bonds. The molecule has 1 unspecified atom stereocenters. The van der Waals surface area contributed by atoms with E-state index in [0.29, 0.717) is 17.7 Å². The topological polar surface area (TPSA) is 98.8 Å². The first-order chi connectivity index (χ1) is 13.2. The van der Waals surface area contributed by atoms with Crippen LogP contribution in [0, 0.1) is 0 Å². The van der Waals surface area contributed by atoms with Crippen LogP contribution in [0.15, 0.2) is 18.2 Å². The maximum atomic E-state index is 13.1. The summed E-state index contributed by atoms with van der Waals surface area (Å²) in [4.78, 5) is 52.7. The fourth-order valence-electron chi connectivity index (χ4n) is 3.75. The first-order valence-corrected chi connectivity index (χ1v) is 9.36. The van der Waals surface area contributed by atoms with E-state index < -0.39 is 23.8 Å². The summed E-state index contributed by atoms with van der Waals surface area (Å²) in [5.74, 6) is -1.93. The first kappa shape index (κ1) is 20.2. The number of nitrogens with one attached hydrogen (secondary N) is 2. The van der Waals surface area contributed by atoms with Gasteiger partial charge in [-0.2, -0.15) is 0 Å². The molecule has 1 aromatic carbocycles. The zero-order valence-corrected chi connectivity index (χ0v) is 16.7. The molecular formula is C20H26N4O4. The number of hydrogen-bond acceptors (Lipinski definition) is 6. The van der Waals surface area contributed by atoms with Crippen molar-refractivity contribution in [2.45, 2.75) is 44.8 Å². The number of benzene rings is 1. The molecule has 1 fully saturated rings. The van der Waals surface area contributed by atoms with Gasteiger partial charge < -0.3 is 5.32 Å². The second kappa shape index (κ2) is 7.44. The lowest BCUT2D eigenvalue weighted by molar-refractivity contribution is -0.136. The number of piperidine rings is 1. The highest BCUT2D eigenvalue weighted by molar-refractivity contribution is 6.24. The molecule has 3 rings (SSSR count). The Morgan fingerprint density at radius 3 is 2.57 bits per heavy atom. The van der Waals surface area contributed by atoms with Gasteiger partial charge in [0.05, 0.1) is 11.1 Å². The Labute approximate surface area is 164 Å². The molecule has 8 nitrogen and oxygen atoms in total. The lowest BCUT2D eigenvalue weighted by atomic mass is 9.98. The Bertz CT molecular complexity index is 849. The molecule has 0 bridgehead atoms. The van der Waals surface area contributed by atoms with E-state index in [4.69, 9.17) is 0 Å². The van der Waals surface area contributed by atoms with Crippen molar-refractivity contribution >= 4 is 23.6 Å². The second-order valence-corrected chi connectivity index (χ2v) is 7.99. The van der Waals surface area contributed by atoms with Gasteiger partial charge in [0.25, 0.3) is 11.8 Å². The van der Waals surface area contributed by atoms with Crippen LogP contribution in [0.1, 0.15) is 53.0 Å². The van der Waals surface area contributed by atoms with E-state index in [1.165, 1.54) is 0 Å². The lowest BCUT2D eigenvalue weighted by Gasteiger charge is -2.36. The highest BCUT2D eigenvalue weighted by Gasteiger charge is 2.45. The van der Waals surface area contributed by atoms with Gasteiger partial charge in [0.1, 0.15) is 6.04 Å². The third-order valence-electron chi connectivity index (χ3n) is 5.60. The highest BCUT2D eigenvalue weighted by Crippen LogP contribution is 2.31. The van der Waals surface area contributed by atoms with Crippen molar-refractivity contribution in [1.29, 1.82) is 0 Å². The summed E-state index contributed by atoms with van der Waals surface area (Å²) in [5, 5.41) is 5.37. The zero-order valence-electron chi connectivity index (χ0n) is 16.7. The van der Waals surface area contributed by atoms with Crippen LogP contribution >= 0.6 is 0 Å². The van der Waals surface area contributed by atoms with E-state index in [1.54, 1.807) is 12.1 Å². The fourth-order valence-corrected chi connectivity index (χ4v) is 3.75. The highest BCUT2D eigenvalue weighted by atomic mass is 16.2. The molecule has 150 valence electrons. The number of imide groups is 2. The fraction of sp³-hybridized carbons (Fsp3) is 0.500. The summed E-state index contributed by atoms with van der Waals surface area (Å²) in [6.45, 7) is 5.43. The minimum atomic E-state index is -0.948. The van der Waals surface area contributed by atoms with Crippen LogP contribution < -0.4 is 10.6 Å². The molecule has 0 radical (unpaired) electrons. The van der Waals surface area contributed by atoms with Gasteiger partial charge in [-0.1, -0.05) is 12.1 Å². The quantitative estimate of drug-likeness (QED) is 0.692. The average Bonchev–Trinajstić information content (AvgIpc) is 2.87. The molecule has 2 N–H and O–H groups in total. The third-order valence-corrected chi connectivity index (χ3v) is 5.60. The van der Waals surface area contributed by atoms with Gasteiger partial charge in [-0.3, -0.25) is 34.3 Å². The molecule has 8 heteroatoms. The van der Waals surface area contributed by atoms with E-state index in [9.17, 15) is 19.2 Å². The number of likely N-dealkylation sites (N-methyl/N-ethyl adjacent to an activating group) is 2. The number of nitrogens with zero attached hydrogens (tertiary/aromatic N) is 2. The first-order valence-electron chi connectivity index (χ1n) is 9.36.